The van der Waals surface area contributed by atoms with Crippen LogP contribution >= 0.6 is 11.3 Å². The molecule has 0 spiro atoms. The number of halogens is 2. The first kappa shape index (κ1) is 16.6. The maximum absolute atomic E-state index is 13.7. The van der Waals surface area contributed by atoms with Crippen molar-refractivity contribution in [1.82, 2.24) is 10.2 Å². The molecule has 118 valence electrons. The summed E-state index contributed by atoms with van der Waals surface area (Å²) < 4.78 is 26.6. The van der Waals surface area contributed by atoms with Crippen LogP contribution in [0.25, 0.3) is 0 Å². The number of amides is 1. The molecule has 1 N–H and O–H groups in total. The quantitative estimate of drug-likeness (QED) is 0.884. The van der Waals surface area contributed by atoms with Crippen molar-refractivity contribution in [1.29, 1.82) is 0 Å². The standard InChI is InChI=1S/C16H18F2N2OS/c1-11(14-4-3-13(17)7-15(14)18)19-16(21)9-20(2)8-12-5-6-22-10-12/h3-7,10-11H,8-9H2,1-2H3,(H,19,21). The fraction of sp³-hybridized carbons (Fsp3) is 0.312. The van der Waals surface area contributed by atoms with Gasteiger partial charge in [-0.25, -0.2) is 8.78 Å². The van der Waals surface area contributed by atoms with E-state index in [-0.39, 0.29) is 18.0 Å². The maximum Gasteiger partial charge on any atom is 0.234 e. The van der Waals surface area contributed by atoms with Crippen molar-refractivity contribution in [3.05, 3.63) is 57.8 Å². The lowest BCUT2D eigenvalue weighted by Crippen LogP contribution is -2.36. The first-order valence-corrected chi connectivity index (χ1v) is 7.84. The molecule has 2 rings (SSSR count). The molecule has 1 heterocycles. The van der Waals surface area contributed by atoms with E-state index in [1.807, 2.05) is 28.8 Å². The zero-order chi connectivity index (χ0) is 16.1. The SMILES string of the molecule is CC(NC(=O)CN(C)Cc1ccsc1)c1ccc(F)cc1F. The minimum absolute atomic E-state index is 0.200. The van der Waals surface area contributed by atoms with Crippen LogP contribution in [0.15, 0.2) is 35.0 Å². The van der Waals surface area contributed by atoms with Gasteiger partial charge in [-0.3, -0.25) is 9.69 Å². The molecule has 6 heteroatoms. The Bertz CT molecular complexity index is 631. The average molecular weight is 324 g/mol. The van der Waals surface area contributed by atoms with Crippen LogP contribution in [0.5, 0.6) is 0 Å². The second-order valence-corrected chi connectivity index (χ2v) is 6.04. The largest absolute Gasteiger partial charge is 0.348 e. The van der Waals surface area contributed by atoms with Gasteiger partial charge >= 0.3 is 0 Å². The van der Waals surface area contributed by atoms with Crippen molar-refractivity contribution in [3.8, 4) is 0 Å². The topological polar surface area (TPSA) is 32.3 Å². The second kappa shape index (κ2) is 7.47. The predicted octanol–water partition coefficient (Wildman–Crippen LogP) is 3.34. The lowest BCUT2D eigenvalue weighted by atomic mass is 10.1. The molecule has 22 heavy (non-hydrogen) atoms. The molecule has 0 bridgehead atoms. The van der Waals surface area contributed by atoms with E-state index < -0.39 is 17.7 Å². The number of hydrogen-bond acceptors (Lipinski definition) is 3. The van der Waals surface area contributed by atoms with E-state index in [2.05, 4.69) is 5.32 Å². The Kier molecular flexibility index (Phi) is 5.63. The summed E-state index contributed by atoms with van der Waals surface area (Å²) in [5.41, 5.74) is 1.42. The number of rotatable bonds is 6. The zero-order valence-electron chi connectivity index (χ0n) is 12.5. The molecule has 1 aromatic carbocycles. The smallest absolute Gasteiger partial charge is 0.234 e. The van der Waals surface area contributed by atoms with Crippen LogP contribution in [0.3, 0.4) is 0 Å². The molecule has 1 atom stereocenters. The molecule has 3 nitrogen and oxygen atoms in total. The monoisotopic (exact) mass is 324 g/mol. The summed E-state index contributed by atoms with van der Waals surface area (Å²) in [5.74, 6) is -1.48. The summed E-state index contributed by atoms with van der Waals surface area (Å²) in [4.78, 5) is 13.9. The number of nitrogens with one attached hydrogen (secondary N) is 1. The van der Waals surface area contributed by atoms with E-state index in [1.54, 1.807) is 18.3 Å². The number of carbonyl (C=O) groups excluding carboxylic acids is 1. The average Bonchev–Trinajstić information content (AvgIpc) is 2.90. The minimum atomic E-state index is -0.653. The molecule has 0 radical (unpaired) electrons. The molecule has 1 amide bonds. The lowest BCUT2D eigenvalue weighted by molar-refractivity contribution is -0.122. The third-order valence-corrected chi connectivity index (χ3v) is 3.98. The number of thiophene rings is 1. The van der Waals surface area contributed by atoms with Gasteiger partial charge < -0.3 is 5.32 Å². The normalized spacial score (nSPS) is 12.4. The van der Waals surface area contributed by atoms with Gasteiger partial charge in [-0.05, 0) is 42.4 Å². The number of likely N-dealkylation sites (N-methyl/N-ethyl adjacent to an activating group) is 1. The highest BCUT2D eigenvalue weighted by Gasteiger charge is 2.15. The van der Waals surface area contributed by atoms with Crippen LogP contribution in [0, 0.1) is 11.6 Å². The fourth-order valence-corrected chi connectivity index (χ4v) is 2.87. The second-order valence-electron chi connectivity index (χ2n) is 5.26. The third kappa shape index (κ3) is 4.61. The van der Waals surface area contributed by atoms with Crippen molar-refractivity contribution < 1.29 is 13.6 Å². The molecule has 0 aliphatic carbocycles. The summed E-state index contributed by atoms with van der Waals surface area (Å²) in [6, 6.07) is 4.85. The first-order chi connectivity index (χ1) is 10.5. The minimum Gasteiger partial charge on any atom is -0.348 e. The maximum atomic E-state index is 13.7. The highest BCUT2D eigenvalue weighted by atomic mass is 32.1. The Morgan fingerprint density at radius 1 is 1.36 bits per heavy atom. The summed E-state index contributed by atoms with van der Waals surface area (Å²) in [6.45, 7) is 2.56. The number of nitrogens with zero attached hydrogens (tertiary/aromatic N) is 1. The molecule has 0 saturated carbocycles. The molecule has 0 aliphatic heterocycles. The Labute approximate surface area is 132 Å². The van der Waals surface area contributed by atoms with Crippen LogP contribution in [-0.4, -0.2) is 24.4 Å². The number of carbonyl (C=O) groups is 1. The van der Waals surface area contributed by atoms with Crippen LogP contribution in [0.2, 0.25) is 0 Å². The molecule has 0 fully saturated rings. The Hall–Kier alpha value is -1.79. The van der Waals surface area contributed by atoms with Gasteiger partial charge in [0.1, 0.15) is 11.6 Å². The number of benzene rings is 1. The van der Waals surface area contributed by atoms with Crippen molar-refractivity contribution in [2.45, 2.75) is 19.5 Å². The number of hydrogen-bond donors (Lipinski definition) is 1. The Balaban J connectivity index is 1.88. The van der Waals surface area contributed by atoms with Crippen molar-refractivity contribution >= 4 is 17.2 Å². The molecule has 1 aromatic heterocycles. The van der Waals surface area contributed by atoms with Gasteiger partial charge in [-0.2, -0.15) is 11.3 Å². The Morgan fingerprint density at radius 3 is 2.77 bits per heavy atom. The van der Waals surface area contributed by atoms with Crippen LogP contribution in [-0.2, 0) is 11.3 Å². The van der Waals surface area contributed by atoms with Crippen molar-refractivity contribution in [2.24, 2.45) is 0 Å². The van der Waals surface area contributed by atoms with E-state index in [9.17, 15) is 13.6 Å². The van der Waals surface area contributed by atoms with Crippen molar-refractivity contribution in [2.75, 3.05) is 13.6 Å². The lowest BCUT2D eigenvalue weighted by Gasteiger charge is -2.19. The third-order valence-electron chi connectivity index (χ3n) is 3.25. The van der Waals surface area contributed by atoms with E-state index in [0.29, 0.717) is 6.54 Å². The van der Waals surface area contributed by atoms with E-state index in [1.165, 1.54) is 12.1 Å². The van der Waals surface area contributed by atoms with Gasteiger partial charge in [0.2, 0.25) is 5.91 Å². The van der Waals surface area contributed by atoms with Crippen molar-refractivity contribution in [3.63, 3.8) is 0 Å². The van der Waals surface area contributed by atoms with Gasteiger partial charge in [0, 0.05) is 18.2 Å². The van der Waals surface area contributed by atoms with Crippen LogP contribution in [0.1, 0.15) is 24.1 Å². The van der Waals surface area contributed by atoms with Crippen LogP contribution in [0.4, 0.5) is 8.78 Å². The van der Waals surface area contributed by atoms with E-state index in [0.717, 1.165) is 11.6 Å². The van der Waals surface area contributed by atoms with Gasteiger partial charge in [-0.1, -0.05) is 6.07 Å². The summed E-state index contributed by atoms with van der Waals surface area (Å²) >= 11 is 1.61. The molecule has 0 aliphatic rings. The fourth-order valence-electron chi connectivity index (χ4n) is 2.21. The van der Waals surface area contributed by atoms with Gasteiger partial charge in [0.25, 0.3) is 0 Å². The zero-order valence-corrected chi connectivity index (χ0v) is 13.3. The predicted molar refractivity (Wildman–Crippen MR) is 83.6 cm³/mol. The molecule has 2 aromatic rings. The molecule has 1 unspecified atom stereocenters. The first-order valence-electron chi connectivity index (χ1n) is 6.89. The van der Waals surface area contributed by atoms with Gasteiger partial charge in [0.15, 0.2) is 0 Å². The highest BCUT2D eigenvalue weighted by molar-refractivity contribution is 7.07. The van der Waals surface area contributed by atoms with Crippen LogP contribution < -0.4 is 5.32 Å². The van der Waals surface area contributed by atoms with Gasteiger partial charge in [-0.15, -0.1) is 0 Å². The molecular weight excluding hydrogens is 306 g/mol. The summed E-state index contributed by atoms with van der Waals surface area (Å²) in [6.07, 6.45) is 0. The molecular formula is C16H18F2N2OS. The van der Waals surface area contributed by atoms with E-state index in [4.69, 9.17) is 0 Å². The highest BCUT2D eigenvalue weighted by Crippen LogP contribution is 2.17. The summed E-state index contributed by atoms with van der Waals surface area (Å²) in [7, 11) is 1.85. The Morgan fingerprint density at radius 2 is 2.14 bits per heavy atom. The van der Waals surface area contributed by atoms with Gasteiger partial charge in [0.05, 0.1) is 12.6 Å². The van der Waals surface area contributed by atoms with E-state index >= 15 is 0 Å². The summed E-state index contributed by atoms with van der Waals surface area (Å²) in [5, 5.41) is 6.75. The molecule has 0 saturated heterocycles.